The van der Waals surface area contributed by atoms with E-state index in [2.05, 4.69) is 110 Å². The Morgan fingerprint density at radius 3 is 1.22 bits per heavy atom. The number of hydrogen-bond donors (Lipinski definition) is 0. The van der Waals surface area contributed by atoms with E-state index < -0.39 is 8.07 Å². The molecule has 0 aliphatic rings. The van der Waals surface area contributed by atoms with Gasteiger partial charge in [0, 0.05) is 0 Å². The van der Waals surface area contributed by atoms with Crippen molar-refractivity contribution in [1.29, 1.82) is 0 Å². The van der Waals surface area contributed by atoms with Gasteiger partial charge in [-0.3, -0.25) is 0 Å². The van der Waals surface area contributed by atoms with Gasteiger partial charge in [0.1, 0.15) is 0 Å². The van der Waals surface area contributed by atoms with Crippen LogP contribution < -0.4 is 35.2 Å². The molecule has 6 aromatic carbocycles. The molecule has 6 aromatic rings. The summed E-state index contributed by atoms with van der Waals surface area (Å²) in [6.07, 6.45) is 0. The van der Waals surface area contributed by atoms with Crippen molar-refractivity contribution in [1.82, 2.24) is 0 Å². The zero-order valence-corrected chi connectivity index (χ0v) is 23.0. The van der Waals surface area contributed by atoms with Gasteiger partial charge in [-0.1, -0.05) is 84.5 Å². The molecule has 0 radical (unpaired) electrons. The number of fused-ring (bicyclic) bond motifs is 4. The quantitative estimate of drug-likeness (QED) is 0.219. The summed E-state index contributed by atoms with van der Waals surface area (Å²) in [6, 6.07) is 36.4. The minimum atomic E-state index is -1.77. The Balaban J connectivity index is 0.000000963. The van der Waals surface area contributed by atoms with Gasteiger partial charge in [0.2, 0.25) is 0 Å². The van der Waals surface area contributed by atoms with Crippen LogP contribution >= 0.6 is 0 Å². The van der Waals surface area contributed by atoms with Crippen LogP contribution in [-0.4, -0.2) is 8.07 Å². The standard InChI is InChI=1S/C28H22Si.2ClH.Zr/c1-29(2,27-15-23-11-19-7-3-4-8-20(19)12-24(23)16-27)28-17-25-13-21-9-5-6-10-22(21)14-26(25)18-28;;;/h3-18H,1-2H3;2*1H;/q-2;;;+4/p-2. The molecule has 32 heavy (non-hydrogen) atoms. The fourth-order valence-electron chi connectivity index (χ4n) is 4.69. The third kappa shape index (κ3) is 4.03. The summed E-state index contributed by atoms with van der Waals surface area (Å²) in [4.78, 5) is 0. The van der Waals surface area contributed by atoms with Gasteiger partial charge in [-0.2, -0.15) is 12.1 Å². The van der Waals surface area contributed by atoms with E-state index in [9.17, 15) is 0 Å². The number of benzene rings is 4. The van der Waals surface area contributed by atoms with Gasteiger partial charge < -0.3 is 24.8 Å². The Bertz CT molecular complexity index is 1320. The van der Waals surface area contributed by atoms with Gasteiger partial charge >= 0.3 is 26.2 Å². The fourth-order valence-corrected chi connectivity index (χ4v) is 7.09. The van der Waals surface area contributed by atoms with Gasteiger partial charge in [0.05, 0.1) is 8.07 Å². The molecule has 0 unspecified atom stereocenters. The van der Waals surface area contributed by atoms with Crippen LogP contribution in [0.1, 0.15) is 0 Å². The number of hydrogen-bond acceptors (Lipinski definition) is 0. The molecule has 6 rings (SSSR count). The second-order valence-electron chi connectivity index (χ2n) is 8.77. The monoisotopic (exact) mass is 546 g/mol. The van der Waals surface area contributed by atoms with Crippen LogP contribution in [0.5, 0.6) is 0 Å². The summed E-state index contributed by atoms with van der Waals surface area (Å²) in [7, 11) is -1.77. The summed E-state index contributed by atoms with van der Waals surface area (Å²) in [5.74, 6) is 0. The molecule has 4 heteroatoms. The molecule has 0 saturated carbocycles. The summed E-state index contributed by atoms with van der Waals surface area (Å²) in [6.45, 7) is 4.96. The second kappa shape index (κ2) is 9.27. The molecule has 0 aliphatic heterocycles. The summed E-state index contributed by atoms with van der Waals surface area (Å²) < 4.78 is 0. The van der Waals surface area contributed by atoms with Crippen LogP contribution in [0.15, 0.2) is 97.1 Å². The summed E-state index contributed by atoms with van der Waals surface area (Å²) >= 11 is 0. The van der Waals surface area contributed by atoms with Crippen LogP contribution in [0.25, 0.3) is 43.1 Å². The molecule has 0 aliphatic carbocycles. The Morgan fingerprint density at radius 2 is 0.844 bits per heavy atom. The SMILES string of the molecule is C[Si](C)(c1cc2cc3ccccc3cc2[cH-]1)c1cc2cc3ccccc3cc2[cH-]1.[Cl-].[Cl-].[Zr+4]. The molecule has 0 nitrogen and oxygen atoms in total. The van der Waals surface area contributed by atoms with E-state index in [-0.39, 0.29) is 51.0 Å². The van der Waals surface area contributed by atoms with Gasteiger partial charge in [0.15, 0.2) is 0 Å². The normalized spacial score (nSPS) is 11.3. The van der Waals surface area contributed by atoms with Crippen molar-refractivity contribution in [3.8, 4) is 0 Å². The van der Waals surface area contributed by atoms with Crippen molar-refractivity contribution < 1.29 is 51.0 Å². The van der Waals surface area contributed by atoms with E-state index in [0.717, 1.165) is 0 Å². The first-order chi connectivity index (χ1) is 14.1. The number of rotatable bonds is 2. The molecule has 0 saturated heterocycles. The maximum absolute atomic E-state index is 2.48. The van der Waals surface area contributed by atoms with Crippen molar-refractivity contribution in [3.05, 3.63) is 97.1 Å². The third-order valence-electron chi connectivity index (χ3n) is 6.59. The zero-order chi connectivity index (χ0) is 19.6. The predicted octanol–water partition coefficient (Wildman–Crippen LogP) is 0.565. The van der Waals surface area contributed by atoms with Crippen molar-refractivity contribution in [2.75, 3.05) is 0 Å². The van der Waals surface area contributed by atoms with E-state index in [1.165, 1.54) is 53.5 Å². The Labute approximate surface area is 221 Å². The maximum atomic E-state index is 2.48. The molecular weight excluding hydrogens is 527 g/mol. The third-order valence-corrected chi connectivity index (χ3v) is 10.1. The molecule has 0 N–H and O–H groups in total. The first-order valence-electron chi connectivity index (χ1n) is 10.3. The average Bonchev–Trinajstić information content (AvgIpc) is 3.34. The van der Waals surface area contributed by atoms with Crippen molar-refractivity contribution in [2.24, 2.45) is 0 Å². The minimum Gasteiger partial charge on any atom is -1.00 e. The van der Waals surface area contributed by atoms with E-state index in [0.29, 0.717) is 0 Å². The first kappa shape index (κ1) is 24.9. The van der Waals surface area contributed by atoms with Crippen molar-refractivity contribution in [2.45, 2.75) is 13.1 Å². The largest absolute Gasteiger partial charge is 4.00 e. The molecule has 0 heterocycles. The van der Waals surface area contributed by atoms with Crippen molar-refractivity contribution in [3.63, 3.8) is 0 Å². The van der Waals surface area contributed by atoms with E-state index in [1.54, 1.807) is 0 Å². The number of halogens is 2. The molecule has 0 aromatic heterocycles. The Kier molecular flexibility index (Phi) is 7.23. The van der Waals surface area contributed by atoms with Crippen molar-refractivity contribution >= 4 is 61.5 Å². The Hall–Kier alpha value is -1.70. The molecule has 0 amide bonds. The minimum absolute atomic E-state index is 0. The summed E-state index contributed by atoms with van der Waals surface area (Å²) in [5.41, 5.74) is 0. The topological polar surface area (TPSA) is 0 Å². The molecule has 0 bridgehead atoms. The average molecular weight is 549 g/mol. The van der Waals surface area contributed by atoms with Gasteiger partial charge in [-0.15, -0.1) is 56.2 Å². The first-order valence-corrected chi connectivity index (χ1v) is 13.3. The van der Waals surface area contributed by atoms with Crippen LogP contribution in [0.3, 0.4) is 0 Å². The molecule has 0 fully saturated rings. The van der Waals surface area contributed by atoms with Crippen LogP contribution in [-0.2, 0) is 26.2 Å². The fraction of sp³-hybridized carbons (Fsp3) is 0.0714. The molecule has 0 spiro atoms. The predicted molar refractivity (Wildman–Crippen MR) is 131 cm³/mol. The second-order valence-corrected chi connectivity index (χ2v) is 13.2. The smallest absolute Gasteiger partial charge is 1.00 e. The van der Waals surface area contributed by atoms with Crippen LogP contribution in [0, 0.1) is 0 Å². The Morgan fingerprint density at radius 1 is 0.500 bits per heavy atom. The van der Waals surface area contributed by atoms with E-state index in [1.807, 2.05) is 0 Å². The molecule has 0 atom stereocenters. The molecular formula is C28H22Cl2SiZr. The summed E-state index contributed by atoms with van der Waals surface area (Å²) in [5, 5.41) is 13.8. The van der Waals surface area contributed by atoms with E-state index in [4.69, 9.17) is 0 Å². The van der Waals surface area contributed by atoms with Gasteiger partial charge in [0.25, 0.3) is 0 Å². The van der Waals surface area contributed by atoms with E-state index >= 15 is 0 Å². The van der Waals surface area contributed by atoms with Crippen LogP contribution in [0.4, 0.5) is 0 Å². The zero-order valence-electron chi connectivity index (χ0n) is 18.0. The van der Waals surface area contributed by atoms with Gasteiger partial charge in [-0.05, 0) is 10.8 Å². The van der Waals surface area contributed by atoms with Gasteiger partial charge in [-0.25, -0.2) is 0 Å². The maximum Gasteiger partial charge on any atom is 4.00 e. The molecule has 156 valence electrons. The van der Waals surface area contributed by atoms with Crippen LogP contribution in [0.2, 0.25) is 13.1 Å².